The predicted octanol–water partition coefficient (Wildman–Crippen LogP) is 3.94. The van der Waals surface area contributed by atoms with Gasteiger partial charge in [-0.1, -0.05) is 18.2 Å². The summed E-state index contributed by atoms with van der Waals surface area (Å²) in [5.41, 5.74) is 8.34. The van der Waals surface area contributed by atoms with Gasteiger partial charge in [0.1, 0.15) is 5.65 Å². The van der Waals surface area contributed by atoms with Crippen LogP contribution in [0, 0.1) is 0 Å². The Balaban J connectivity index is 0.00000182. The number of carbonyl (C=O) groups is 1. The number of hydrogen-bond acceptors (Lipinski definition) is 4. The van der Waals surface area contributed by atoms with Crippen molar-refractivity contribution in [3.05, 3.63) is 66.1 Å². The molecule has 0 aliphatic carbocycles. The Bertz CT molecular complexity index is 837. The van der Waals surface area contributed by atoms with Crippen molar-refractivity contribution in [3.63, 3.8) is 0 Å². The summed E-state index contributed by atoms with van der Waals surface area (Å²) in [7, 11) is 0. The Hall–Kier alpha value is -1.73. The molecule has 146 valence electrons. The normalized spacial score (nSPS) is 11.3. The molecule has 5 nitrogen and oxygen atoms in total. The molecule has 8 heteroatoms. The largest absolute Gasteiger partial charge is 0.352 e. The molecular formula is C19H24Cl2N4OS. The SMILES string of the molecule is CC(N)CCNC(=O)c1ccccc1SCc1cn2ccccc2n1.Cl.Cl. The van der Waals surface area contributed by atoms with E-state index >= 15 is 0 Å². The van der Waals surface area contributed by atoms with E-state index in [1.54, 1.807) is 11.8 Å². The molecule has 0 saturated heterocycles. The van der Waals surface area contributed by atoms with Crippen LogP contribution in [0.5, 0.6) is 0 Å². The Morgan fingerprint density at radius 2 is 1.96 bits per heavy atom. The molecule has 0 aliphatic rings. The molecule has 1 aromatic carbocycles. The fraction of sp³-hybridized carbons (Fsp3) is 0.263. The molecule has 3 N–H and O–H groups in total. The first-order valence-corrected chi connectivity index (χ1v) is 9.30. The minimum absolute atomic E-state index is 0. The molecular weight excluding hydrogens is 403 g/mol. The molecule has 27 heavy (non-hydrogen) atoms. The van der Waals surface area contributed by atoms with Crippen LogP contribution in [-0.4, -0.2) is 27.9 Å². The summed E-state index contributed by atoms with van der Waals surface area (Å²) >= 11 is 1.62. The lowest BCUT2D eigenvalue weighted by atomic mass is 10.2. The average molecular weight is 427 g/mol. The highest BCUT2D eigenvalue weighted by Crippen LogP contribution is 2.26. The Morgan fingerprint density at radius 1 is 1.22 bits per heavy atom. The van der Waals surface area contributed by atoms with Crippen molar-refractivity contribution in [1.82, 2.24) is 14.7 Å². The van der Waals surface area contributed by atoms with Gasteiger partial charge in [-0.25, -0.2) is 4.98 Å². The number of hydrogen-bond donors (Lipinski definition) is 2. The minimum Gasteiger partial charge on any atom is -0.352 e. The summed E-state index contributed by atoms with van der Waals surface area (Å²) in [5.74, 6) is 0.657. The van der Waals surface area contributed by atoms with E-state index in [2.05, 4.69) is 10.3 Å². The van der Waals surface area contributed by atoms with Gasteiger partial charge in [-0.15, -0.1) is 36.6 Å². The third kappa shape index (κ3) is 6.43. The van der Waals surface area contributed by atoms with Gasteiger partial charge in [0.25, 0.3) is 5.91 Å². The molecule has 0 fully saturated rings. The van der Waals surface area contributed by atoms with E-state index < -0.39 is 0 Å². The van der Waals surface area contributed by atoms with Crippen molar-refractivity contribution in [2.75, 3.05) is 6.54 Å². The number of nitrogens with two attached hydrogens (primary N) is 1. The van der Waals surface area contributed by atoms with Gasteiger partial charge in [0.05, 0.1) is 11.3 Å². The molecule has 0 bridgehead atoms. The van der Waals surface area contributed by atoms with E-state index in [-0.39, 0.29) is 36.8 Å². The molecule has 1 amide bonds. The van der Waals surface area contributed by atoms with Gasteiger partial charge in [-0.05, 0) is 37.6 Å². The number of rotatable bonds is 7. The van der Waals surface area contributed by atoms with Crippen LogP contribution in [0.1, 0.15) is 29.4 Å². The zero-order valence-electron chi connectivity index (χ0n) is 15.0. The van der Waals surface area contributed by atoms with Crippen LogP contribution < -0.4 is 11.1 Å². The number of nitrogens with zero attached hydrogens (tertiary/aromatic N) is 2. The van der Waals surface area contributed by atoms with E-state index in [0.29, 0.717) is 17.9 Å². The Labute approximate surface area is 175 Å². The number of pyridine rings is 1. The highest BCUT2D eigenvalue weighted by Gasteiger charge is 2.12. The van der Waals surface area contributed by atoms with Crippen molar-refractivity contribution >= 4 is 48.1 Å². The molecule has 0 saturated carbocycles. The first kappa shape index (κ1) is 23.3. The number of amides is 1. The summed E-state index contributed by atoms with van der Waals surface area (Å²) in [6, 6.07) is 13.7. The molecule has 3 aromatic rings. The van der Waals surface area contributed by atoms with Gasteiger partial charge in [0, 0.05) is 35.6 Å². The van der Waals surface area contributed by atoms with Gasteiger partial charge >= 0.3 is 0 Å². The molecule has 1 atom stereocenters. The van der Waals surface area contributed by atoms with Crippen molar-refractivity contribution in [2.24, 2.45) is 5.73 Å². The third-order valence-corrected chi connectivity index (χ3v) is 4.91. The number of fused-ring (bicyclic) bond motifs is 1. The number of halogens is 2. The topological polar surface area (TPSA) is 72.4 Å². The van der Waals surface area contributed by atoms with Crippen LogP contribution in [0.15, 0.2) is 59.8 Å². The van der Waals surface area contributed by atoms with Crippen LogP contribution in [0.25, 0.3) is 5.65 Å². The molecule has 2 aromatic heterocycles. The monoisotopic (exact) mass is 426 g/mol. The van der Waals surface area contributed by atoms with Crippen LogP contribution in [0.2, 0.25) is 0 Å². The van der Waals surface area contributed by atoms with Crippen molar-refractivity contribution in [3.8, 4) is 0 Å². The quantitative estimate of drug-likeness (QED) is 0.561. The molecule has 1 unspecified atom stereocenters. The van der Waals surface area contributed by atoms with Gasteiger partial charge < -0.3 is 15.5 Å². The zero-order valence-corrected chi connectivity index (χ0v) is 17.4. The van der Waals surface area contributed by atoms with Crippen molar-refractivity contribution < 1.29 is 4.79 Å². The lowest BCUT2D eigenvalue weighted by molar-refractivity contribution is 0.0950. The maximum absolute atomic E-state index is 12.4. The zero-order chi connectivity index (χ0) is 17.6. The number of aromatic nitrogens is 2. The molecule has 0 aliphatic heterocycles. The van der Waals surface area contributed by atoms with Crippen LogP contribution >= 0.6 is 36.6 Å². The summed E-state index contributed by atoms with van der Waals surface area (Å²) in [6.45, 7) is 2.52. The fourth-order valence-electron chi connectivity index (χ4n) is 2.50. The van der Waals surface area contributed by atoms with E-state index in [4.69, 9.17) is 5.73 Å². The summed E-state index contributed by atoms with van der Waals surface area (Å²) in [6.07, 6.45) is 4.77. The third-order valence-electron chi connectivity index (χ3n) is 3.81. The average Bonchev–Trinajstić information content (AvgIpc) is 3.02. The highest BCUT2D eigenvalue weighted by atomic mass is 35.5. The van der Waals surface area contributed by atoms with E-state index in [0.717, 1.165) is 22.7 Å². The van der Waals surface area contributed by atoms with Gasteiger partial charge in [-0.3, -0.25) is 4.79 Å². The van der Waals surface area contributed by atoms with E-state index in [1.807, 2.05) is 66.2 Å². The number of carbonyl (C=O) groups excluding carboxylic acids is 1. The second-order valence-electron chi connectivity index (χ2n) is 6.01. The first-order valence-electron chi connectivity index (χ1n) is 8.31. The van der Waals surface area contributed by atoms with Gasteiger partial charge in [0.15, 0.2) is 0 Å². The standard InChI is InChI=1S/C19H22N4OS.2ClH/c1-14(20)9-10-21-19(24)16-6-2-3-7-17(16)25-13-15-12-23-11-5-4-8-18(23)22-15;;/h2-8,11-12,14H,9-10,13,20H2,1H3,(H,21,24);2*1H. The molecule has 3 rings (SSSR count). The Kier molecular flexibility index (Phi) is 9.66. The summed E-state index contributed by atoms with van der Waals surface area (Å²) < 4.78 is 2.00. The van der Waals surface area contributed by atoms with E-state index in [9.17, 15) is 4.79 Å². The van der Waals surface area contributed by atoms with Crippen LogP contribution in [0.3, 0.4) is 0 Å². The maximum Gasteiger partial charge on any atom is 0.252 e. The second kappa shape index (κ2) is 11.2. The van der Waals surface area contributed by atoms with Crippen LogP contribution in [-0.2, 0) is 5.75 Å². The molecule has 2 heterocycles. The van der Waals surface area contributed by atoms with Gasteiger partial charge in [-0.2, -0.15) is 0 Å². The van der Waals surface area contributed by atoms with Crippen molar-refractivity contribution in [2.45, 2.75) is 30.0 Å². The smallest absolute Gasteiger partial charge is 0.252 e. The fourth-order valence-corrected chi connectivity index (χ4v) is 3.43. The minimum atomic E-state index is -0.0567. The highest BCUT2D eigenvalue weighted by molar-refractivity contribution is 7.98. The summed E-state index contributed by atoms with van der Waals surface area (Å²) in [5, 5.41) is 2.94. The predicted molar refractivity (Wildman–Crippen MR) is 116 cm³/mol. The number of benzene rings is 1. The number of nitrogens with one attached hydrogen (secondary N) is 1. The molecule has 0 spiro atoms. The second-order valence-corrected chi connectivity index (χ2v) is 7.02. The summed E-state index contributed by atoms with van der Waals surface area (Å²) in [4.78, 5) is 18.0. The Morgan fingerprint density at radius 3 is 2.70 bits per heavy atom. The van der Waals surface area contributed by atoms with Gasteiger partial charge in [0.2, 0.25) is 0 Å². The first-order chi connectivity index (χ1) is 12.1. The lowest BCUT2D eigenvalue weighted by Crippen LogP contribution is -2.29. The van der Waals surface area contributed by atoms with E-state index in [1.165, 1.54) is 0 Å². The number of thioether (sulfide) groups is 1. The van der Waals surface area contributed by atoms with Crippen molar-refractivity contribution in [1.29, 1.82) is 0 Å². The maximum atomic E-state index is 12.4. The number of imidazole rings is 1. The van der Waals surface area contributed by atoms with Crippen LogP contribution in [0.4, 0.5) is 0 Å². The molecule has 0 radical (unpaired) electrons. The lowest BCUT2D eigenvalue weighted by Gasteiger charge is -2.10.